The van der Waals surface area contributed by atoms with E-state index in [2.05, 4.69) is 4.99 Å². The first kappa shape index (κ1) is 13.1. The summed E-state index contributed by atoms with van der Waals surface area (Å²) in [4.78, 5) is 4.33. The van der Waals surface area contributed by atoms with E-state index in [1.54, 1.807) is 0 Å². The predicted molar refractivity (Wildman–Crippen MR) is 66.4 cm³/mol. The van der Waals surface area contributed by atoms with Crippen LogP contribution < -0.4 is 0 Å². The van der Waals surface area contributed by atoms with Crippen molar-refractivity contribution in [2.24, 2.45) is 10.4 Å². The number of benzene rings is 1. The van der Waals surface area contributed by atoms with Crippen LogP contribution in [-0.2, 0) is 6.42 Å². The topological polar surface area (TPSA) is 12.4 Å². The Labute approximate surface area is 105 Å². The Balaban J connectivity index is 2.18. The van der Waals surface area contributed by atoms with E-state index in [9.17, 15) is 13.2 Å². The highest BCUT2D eigenvalue weighted by molar-refractivity contribution is 5.94. The van der Waals surface area contributed by atoms with Gasteiger partial charge in [-0.15, -0.1) is 0 Å². The molecule has 0 amide bonds. The molecule has 1 aromatic rings. The molecule has 0 radical (unpaired) electrons. The van der Waals surface area contributed by atoms with Gasteiger partial charge >= 0.3 is 6.18 Å². The van der Waals surface area contributed by atoms with Crippen LogP contribution in [0, 0.1) is 12.3 Å². The third kappa shape index (κ3) is 2.42. The van der Waals surface area contributed by atoms with E-state index in [1.165, 1.54) is 13.8 Å². The van der Waals surface area contributed by atoms with Gasteiger partial charge in [-0.2, -0.15) is 13.2 Å². The predicted octanol–water partition coefficient (Wildman–Crippen LogP) is 4.60. The lowest BCUT2D eigenvalue weighted by Crippen LogP contribution is -2.34. The number of hydrogen-bond donors (Lipinski definition) is 0. The molecule has 0 fully saturated rings. The first-order valence-corrected chi connectivity index (χ1v) is 5.92. The van der Waals surface area contributed by atoms with Gasteiger partial charge in [0.1, 0.15) is 0 Å². The Bertz CT molecular complexity index is 498. The Morgan fingerprint density at radius 1 is 1.22 bits per heavy atom. The summed E-state index contributed by atoms with van der Waals surface area (Å²) in [5.41, 5.74) is 1.83. The highest BCUT2D eigenvalue weighted by Gasteiger charge is 2.47. The Morgan fingerprint density at radius 2 is 1.89 bits per heavy atom. The number of aryl methyl sites for hydroxylation is 1. The lowest BCUT2D eigenvalue weighted by Gasteiger charge is -2.27. The smallest absolute Gasteiger partial charge is 0.257 e. The van der Waals surface area contributed by atoms with Crippen LogP contribution >= 0.6 is 0 Å². The maximum Gasteiger partial charge on any atom is 0.394 e. The second kappa shape index (κ2) is 4.11. The largest absolute Gasteiger partial charge is 0.394 e. The number of fused-ring (bicyclic) bond motifs is 1. The molecule has 0 unspecified atom stereocenters. The molecule has 1 heterocycles. The molecule has 0 spiro atoms. The van der Waals surface area contributed by atoms with Crippen LogP contribution in [-0.4, -0.2) is 11.9 Å². The maximum atomic E-state index is 12.8. The summed E-state index contributed by atoms with van der Waals surface area (Å²) >= 11 is 0. The molecular weight excluding hydrogens is 239 g/mol. The van der Waals surface area contributed by atoms with E-state index < -0.39 is 11.6 Å². The van der Waals surface area contributed by atoms with E-state index in [4.69, 9.17) is 0 Å². The molecule has 1 aliphatic rings. The third-order valence-electron chi connectivity index (χ3n) is 3.33. The SMILES string of the molecule is Cc1ccc2c(c1)N=C(CC(C)(C)C(F)(F)F)C2. The van der Waals surface area contributed by atoms with E-state index in [-0.39, 0.29) is 6.42 Å². The number of hydrogen-bond acceptors (Lipinski definition) is 1. The summed E-state index contributed by atoms with van der Waals surface area (Å²) in [7, 11) is 0. The summed E-state index contributed by atoms with van der Waals surface area (Å²) in [5.74, 6) is 0. The van der Waals surface area contributed by atoms with E-state index in [0.717, 1.165) is 16.8 Å². The molecule has 0 atom stereocenters. The Morgan fingerprint density at radius 3 is 2.50 bits per heavy atom. The van der Waals surface area contributed by atoms with Gasteiger partial charge in [0.2, 0.25) is 0 Å². The fourth-order valence-corrected chi connectivity index (χ4v) is 2.07. The average molecular weight is 255 g/mol. The summed E-state index contributed by atoms with van der Waals surface area (Å²) in [5, 5.41) is 0. The molecule has 0 saturated carbocycles. The van der Waals surface area contributed by atoms with Crippen molar-refractivity contribution in [3.05, 3.63) is 29.3 Å². The van der Waals surface area contributed by atoms with Crippen LogP contribution in [0.25, 0.3) is 0 Å². The minimum Gasteiger partial charge on any atom is -0.257 e. The highest BCUT2D eigenvalue weighted by atomic mass is 19.4. The van der Waals surface area contributed by atoms with Crippen molar-refractivity contribution >= 4 is 11.4 Å². The summed E-state index contributed by atoms with van der Waals surface area (Å²) in [6, 6.07) is 5.83. The Hall–Kier alpha value is -1.32. The second-order valence-corrected chi connectivity index (χ2v) is 5.55. The minimum absolute atomic E-state index is 0.0375. The van der Waals surface area contributed by atoms with Gasteiger partial charge in [0.15, 0.2) is 0 Å². The van der Waals surface area contributed by atoms with Crippen LogP contribution in [0.1, 0.15) is 31.4 Å². The van der Waals surface area contributed by atoms with Gasteiger partial charge in [0.25, 0.3) is 0 Å². The van der Waals surface area contributed by atoms with Gasteiger partial charge in [-0.1, -0.05) is 26.0 Å². The van der Waals surface area contributed by atoms with Gasteiger partial charge in [-0.3, -0.25) is 4.99 Å². The quantitative estimate of drug-likeness (QED) is 0.732. The summed E-state index contributed by atoms with van der Waals surface area (Å²) in [6.07, 6.45) is -3.69. The molecule has 2 rings (SSSR count). The van der Waals surface area contributed by atoms with E-state index in [1.807, 2.05) is 25.1 Å². The van der Waals surface area contributed by atoms with Crippen LogP contribution in [0.2, 0.25) is 0 Å². The summed E-state index contributed by atoms with van der Waals surface area (Å²) < 4.78 is 38.5. The van der Waals surface area contributed by atoms with Gasteiger partial charge in [-0.05, 0) is 30.5 Å². The number of nitrogens with zero attached hydrogens (tertiary/aromatic N) is 1. The average Bonchev–Trinajstić information content (AvgIpc) is 2.56. The standard InChI is InChI=1S/C14H16F3N/c1-9-4-5-10-7-11(18-12(10)6-9)8-13(2,3)14(15,16)17/h4-6H,7-8H2,1-3H3. The van der Waals surface area contributed by atoms with Gasteiger partial charge in [0, 0.05) is 12.1 Å². The van der Waals surface area contributed by atoms with Crippen LogP contribution in [0.5, 0.6) is 0 Å². The van der Waals surface area contributed by atoms with Crippen LogP contribution in [0.15, 0.2) is 23.2 Å². The van der Waals surface area contributed by atoms with E-state index in [0.29, 0.717) is 12.1 Å². The van der Waals surface area contributed by atoms with Crippen molar-refractivity contribution < 1.29 is 13.2 Å². The molecule has 18 heavy (non-hydrogen) atoms. The highest BCUT2D eigenvalue weighted by Crippen LogP contribution is 2.42. The van der Waals surface area contributed by atoms with Crippen molar-refractivity contribution in [1.29, 1.82) is 0 Å². The normalized spacial score (nSPS) is 15.6. The lowest BCUT2D eigenvalue weighted by molar-refractivity contribution is -0.208. The third-order valence-corrected chi connectivity index (χ3v) is 3.33. The van der Waals surface area contributed by atoms with Gasteiger partial charge < -0.3 is 0 Å². The number of aliphatic imine (C=N–C) groups is 1. The number of rotatable bonds is 2. The molecule has 0 aromatic heterocycles. The molecule has 0 aliphatic carbocycles. The fraction of sp³-hybridized carbons (Fsp3) is 0.500. The zero-order valence-electron chi connectivity index (χ0n) is 10.7. The van der Waals surface area contributed by atoms with Crippen molar-refractivity contribution in [3.63, 3.8) is 0 Å². The van der Waals surface area contributed by atoms with Crippen molar-refractivity contribution in [2.45, 2.75) is 39.8 Å². The molecule has 0 bridgehead atoms. The second-order valence-electron chi connectivity index (χ2n) is 5.55. The monoisotopic (exact) mass is 255 g/mol. The zero-order valence-corrected chi connectivity index (χ0v) is 10.7. The molecule has 0 N–H and O–H groups in total. The minimum atomic E-state index is -4.19. The van der Waals surface area contributed by atoms with Crippen molar-refractivity contribution in [3.8, 4) is 0 Å². The van der Waals surface area contributed by atoms with E-state index >= 15 is 0 Å². The number of halogens is 3. The summed E-state index contributed by atoms with van der Waals surface area (Å²) in [6.45, 7) is 4.40. The van der Waals surface area contributed by atoms with Crippen molar-refractivity contribution in [2.75, 3.05) is 0 Å². The fourth-order valence-electron chi connectivity index (χ4n) is 2.07. The molecule has 1 aromatic carbocycles. The first-order chi connectivity index (χ1) is 8.19. The molecule has 1 nitrogen and oxygen atoms in total. The molecular formula is C14H16F3N. The Kier molecular flexibility index (Phi) is 2.99. The molecule has 1 aliphatic heterocycles. The maximum absolute atomic E-state index is 12.8. The lowest BCUT2D eigenvalue weighted by atomic mass is 9.85. The molecule has 4 heteroatoms. The number of alkyl halides is 3. The zero-order chi connectivity index (χ0) is 13.6. The first-order valence-electron chi connectivity index (χ1n) is 5.92. The van der Waals surface area contributed by atoms with Gasteiger partial charge in [0.05, 0.1) is 11.1 Å². The molecule has 0 saturated heterocycles. The van der Waals surface area contributed by atoms with Gasteiger partial charge in [-0.25, -0.2) is 0 Å². The van der Waals surface area contributed by atoms with Crippen LogP contribution in [0.3, 0.4) is 0 Å². The van der Waals surface area contributed by atoms with Crippen LogP contribution in [0.4, 0.5) is 18.9 Å². The van der Waals surface area contributed by atoms with Crippen molar-refractivity contribution in [1.82, 2.24) is 0 Å². The molecule has 98 valence electrons.